The fourth-order valence-corrected chi connectivity index (χ4v) is 3.26. The third-order valence-electron chi connectivity index (χ3n) is 4.33. The Morgan fingerprint density at radius 1 is 1.25 bits per heavy atom. The molecule has 2 rings (SSSR count). The van der Waals surface area contributed by atoms with Gasteiger partial charge in [-0.05, 0) is 31.9 Å². The van der Waals surface area contributed by atoms with E-state index < -0.39 is 0 Å². The first-order valence-corrected chi connectivity index (χ1v) is 7.59. The van der Waals surface area contributed by atoms with Gasteiger partial charge in [0.2, 0.25) is 0 Å². The summed E-state index contributed by atoms with van der Waals surface area (Å²) < 4.78 is 5.62. The summed E-state index contributed by atoms with van der Waals surface area (Å²) in [7, 11) is 0. The van der Waals surface area contributed by atoms with Gasteiger partial charge in [0.05, 0.1) is 0 Å². The van der Waals surface area contributed by atoms with Gasteiger partial charge < -0.3 is 10.1 Å². The van der Waals surface area contributed by atoms with Crippen molar-refractivity contribution in [3.8, 4) is 11.8 Å². The summed E-state index contributed by atoms with van der Waals surface area (Å²) in [6.45, 7) is 6.75. The van der Waals surface area contributed by atoms with E-state index in [1.807, 2.05) is 6.92 Å². The quantitative estimate of drug-likeness (QED) is 0.831. The van der Waals surface area contributed by atoms with Crippen LogP contribution in [0.3, 0.4) is 0 Å². The molecule has 1 aliphatic heterocycles. The number of benzene rings is 1. The van der Waals surface area contributed by atoms with Crippen LogP contribution in [0.1, 0.15) is 38.7 Å². The van der Waals surface area contributed by atoms with E-state index in [1.165, 1.54) is 5.56 Å². The highest BCUT2D eigenvalue weighted by Gasteiger charge is 2.40. The predicted molar refractivity (Wildman–Crippen MR) is 83.7 cm³/mol. The smallest absolute Gasteiger partial charge is 0.0475 e. The van der Waals surface area contributed by atoms with Crippen LogP contribution in [0.15, 0.2) is 30.3 Å². The van der Waals surface area contributed by atoms with E-state index in [1.54, 1.807) is 0 Å². The van der Waals surface area contributed by atoms with Crippen LogP contribution in [-0.4, -0.2) is 25.8 Å². The number of nitrogens with one attached hydrogen (secondary N) is 1. The van der Waals surface area contributed by atoms with E-state index in [-0.39, 0.29) is 5.41 Å². The highest BCUT2D eigenvalue weighted by molar-refractivity contribution is 5.29. The maximum atomic E-state index is 5.62. The van der Waals surface area contributed by atoms with Crippen LogP contribution in [0, 0.1) is 11.8 Å². The van der Waals surface area contributed by atoms with Crippen molar-refractivity contribution in [2.45, 2.75) is 44.6 Å². The normalized spacial score (nSPS) is 18.9. The van der Waals surface area contributed by atoms with Gasteiger partial charge in [0, 0.05) is 31.1 Å². The molecule has 0 aromatic heterocycles. The zero-order chi connectivity index (χ0) is 14.3. The molecule has 1 fully saturated rings. The van der Waals surface area contributed by atoms with Gasteiger partial charge in [-0.3, -0.25) is 0 Å². The van der Waals surface area contributed by atoms with Gasteiger partial charge in [-0.25, -0.2) is 0 Å². The molecule has 2 nitrogen and oxygen atoms in total. The van der Waals surface area contributed by atoms with E-state index in [0.29, 0.717) is 6.04 Å². The SMILES string of the molecule is CC#CCC(NCC)C1(c2ccccc2)CCOCC1. The zero-order valence-corrected chi connectivity index (χ0v) is 12.6. The molecule has 0 amide bonds. The standard InChI is InChI=1S/C18H25NO/c1-3-5-11-17(19-4-2)18(12-14-20-15-13-18)16-9-7-6-8-10-16/h6-10,17,19H,4,11-15H2,1-2H3. The monoisotopic (exact) mass is 271 g/mol. The fourth-order valence-electron chi connectivity index (χ4n) is 3.26. The topological polar surface area (TPSA) is 21.3 Å². The molecule has 1 unspecified atom stereocenters. The Morgan fingerprint density at radius 3 is 2.55 bits per heavy atom. The van der Waals surface area contributed by atoms with Crippen LogP contribution in [0.2, 0.25) is 0 Å². The molecule has 1 aromatic carbocycles. The Labute approximate surface area is 122 Å². The van der Waals surface area contributed by atoms with Crippen LogP contribution in [-0.2, 0) is 10.2 Å². The third kappa shape index (κ3) is 3.23. The van der Waals surface area contributed by atoms with Crippen LogP contribution in [0.25, 0.3) is 0 Å². The molecule has 0 bridgehead atoms. The van der Waals surface area contributed by atoms with Gasteiger partial charge in [-0.1, -0.05) is 37.3 Å². The summed E-state index contributed by atoms with van der Waals surface area (Å²) in [6.07, 6.45) is 3.04. The van der Waals surface area contributed by atoms with E-state index in [0.717, 1.165) is 39.0 Å². The highest BCUT2D eigenvalue weighted by atomic mass is 16.5. The van der Waals surface area contributed by atoms with Crippen molar-refractivity contribution in [1.29, 1.82) is 0 Å². The van der Waals surface area contributed by atoms with E-state index in [9.17, 15) is 0 Å². The zero-order valence-electron chi connectivity index (χ0n) is 12.6. The molecule has 108 valence electrons. The van der Waals surface area contributed by atoms with Crippen molar-refractivity contribution in [2.24, 2.45) is 0 Å². The molecule has 0 radical (unpaired) electrons. The summed E-state index contributed by atoms with van der Waals surface area (Å²) in [6, 6.07) is 11.3. The fraction of sp³-hybridized carbons (Fsp3) is 0.556. The second-order valence-corrected chi connectivity index (χ2v) is 5.38. The van der Waals surface area contributed by atoms with E-state index >= 15 is 0 Å². The van der Waals surface area contributed by atoms with Gasteiger partial charge >= 0.3 is 0 Å². The lowest BCUT2D eigenvalue weighted by Crippen LogP contribution is -2.51. The van der Waals surface area contributed by atoms with Crippen LogP contribution >= 0.6 is 0 Å². The van der Waals surface area contributed by atoms with Crippen molar-refractivity contribution in [3.63, 3.8) is 0 Å². The van der Waals surface area contributed by atoms with E-state index in [4.69, 9.17) is 4.74 Å². The minimum absolute atomic E-state index is 0.152. The largest absolute Gasteiger partial charge is 0.381 e. The second kappa shape index (κ2) is 7.47. The molecule has 2 heteroatoms. The van der Waals surface area contributed by atoms with Crippen molar-refractivity contribution < 1.29 is 4.74 Å². The first-order valence-electron chi connectivity index (χ1n) is 7.59. The highest BCUT2D eigenvalue weighted by Crippen LogP contribution is 2.39. The first-order chi connectivity index (χ1) is 9.83. The number of likely N-dealkylation sites (N-methyl/N-ethyl adjacent to an activating group) is 1. The second-order valence-electron chi connectivity index (χ2n) is 5.38. The number of rotatable bonds is 5. The average Bonchev–Trinajstić information content (AvgIpc) is 2.53. The molecular weight excluding hydrogens is 246 g/mol. The van der Waals surface area contributed by atoms with Crippen LogP contribution in [0.5, 0.6) is 0 Å². The van der Waals surface area contributed by atoms with Gasteiger partial charge in [-0.15, -0.1) is 11.8 Å². The molecule has 1 aliphatic rings. The predicted octanol–water partition coefficient (Wildman–Crippen LogP) is 3.13. The molecule has 20 heavy (non-hydrogen) atoms. The Bertz CT molecular complexity index is 451. The maximum absolute atomic E-state index is 5.62. The maximum Gasteiger partial charge on any atom is 0.0475 e. The molecule has 0 spiro atoms. The van der Waals surface area contributed by atoms with Gasteiger partial charge in [0.15, 0.2) is 0 Å². The van der Waals surface area contributed by atoms with Crippen LogP contribution in [0.4, 0.5) is 0 Å². The number of ether oxygens (including phenoxy) is 1. The van der Waals surface area contributed by atoms with Crippen molar-refractivity contribution in [1.82, 2.24) is 5.32 Å². The molecule has 1 saturated heterocycles. The number of hydrogen-bond donors (Lipinski definition) is 1. The summed E-state index contributed by atoms with van der Waals surface area (Å²) in [5.74, 6) is 6.31. The lowest BCUT2D eigenvalue weighted by atomic mass is 9.67. The molecule has 0 saturated carbocycles. The molecule has 1 heterocycles. The Hall–Kier alpha value is -1.30. The lowest BCUT2D eigenvalue weighted by Gasteiger charge is -2.44. The molecule has 0 aliphatic carbocycles. The number of hydrogen-bond acceptors (Lipinski definition) is 2. The minimum Gasteiger partial charge on any atom is -0.381 e. The summed E-state index contributed by atoms with van der Waals surface area (Å²) in [5.41, 5.74) is 1.58. The minimum atomic E-state index is 0.152. The molecular formula is C18H25NO. The Morgan fingerprint density at radius 2 is 1.95 bits per heavy atom. The van der Waals surface area contributed by atoms with Crippen molar-refractivity contribution >= 4 is 0 Å². The summed E-state index contributed by atoms with van der Waals surface area (Å²) >= 11 is 0. The van der Waals surface area contributed by atoms with Crippen LogP contribution < -0.4 is 5.32 Å². The van der Waals surface area contributed by atoms with Crippen molar-refractivity contribution in [3.05, 3.63) is 35.9 Å². The summed E-state index contributed by atoms with van der Waals surface area (Å²) in [4.78, 5) is 0. The lowest BCUT2D eigenvalue weighted by molar-refractivity contribution is 0.0353. The molecule has 1 N–H and O–H groups in total. The van der Waals surface area contributed by atoms with Gasteiger partial charge in [-0.2, -0.15) is 0 Å². The summed E-state index contributed by atoms with van der Waals surface area (Å²) in [5, 5.41) is 3.67. The molecule has 1 aromatic rings. The molecule has 1 atom stereocenters. The van der Waals surface area contributed by atoms with E-state index in [2.05, 4.69) is 54.4 Å². The third-order valence-corrected chi connectivity index (χ3v) is 4.33. The average molecular weight is 271 g/mol. The van der Waals surface area contributed by atoms with Gasteiger partial charge in [0.25, 0.3) is 0 Å². The van der Waals surface area contributed by atoms with Crippen molar-refractivity contribution in [2.75, 3.05) is 19.8 Å². The van der Waals surface area contributed by atoms with Gasteiger partial charge in [0.1, 0.15) is 0 Å². The first kappa shape index (κ1) is 15.1. The Balaban J connectivity index is 2.35. The Kier molecular flexibility index (Phi) is 5.64.